The first-order chi connectivity index (χ1) is 7.42. The molecule has 0 fully saturated rings. The SMILES string of the molecule is OCCC1=C(c2ccccn2)NCC=C1. The molecule has 0 bridgehead atoms. The third-order valence-corrected chi connectivity index (χ3v) is 2.34. The Morgan fingerprint density at radius 3 is 3.07 bits per heavy atom. The highest BCUT2D eigenvalue weighted by Crippen LogP contribution is 2.19. The van der Waals surface area contributed by atoms with Gasteiger partial charge in [-0.05, 0) is 24.1 Å². The van der Waals surface area contributed by atoms with Gasteiger partial charge in [-0.25, -0.2) is 0 Å². The molecule has 0 aromatic carbocycles. The van der Waals surface area contributed by atoms with Crippen molar-refractivity contribution in [3.8, 4) is 0 Å². The van der Waals surface area contributed by atoms with Gasteiger partial charge >= 0.3 is 0 Å². The summed E-state index contributed by atoms with van der Waals surface area (Å²) in [6.07, 6.45) is 6.54. The quantitative estimate of drug-likeness (QED) is 0.777. The minimum absolute atomic E-state index is 0.164. The fraction of sp³-hybridized carbons (Fsp3) is 0.250. The number of pyridine rings is 1. The molecule has 1 aliphatic rings. The van der Waals surface area contributed by atoms with E-state index in [1.165, 1.54) is 0 Å². The highest BCUT2D eigenvalue weighted by Gasteiger charge is 2.09. The largest absolute Gasteiger partial charge is 0.396 e. The summed E-state index contributed by atoms with van der Waals surface area (Å²) in [5.41, 5.74) is 3.08. The van der Waals surface area contributed by atoms with Crippen LogP contribution in [0.25, 0.3) is 5.70 Å². The molecule has 0 spiro atoms. The summed E-state index contributed by atoms with van der Waals surface area (Å²) in [4.78, 5) is 4.30. The standard InChI is InChI=1S/C12H14N2O/c15-9-6-10-4-3-8-14-12(10)11-5-1-2-7-13-11/h1-5,7,14-15H,6,8-9H2. The molecule has 0 atom stereocenters. The topological polar surface area (TPSA) is 45.2 Å². The van der Waals surface area contributed by atoms with Gasteiger partial charge in [0.05, 0.1) is 11.4 Å². The lowest BCUT2D eigenvalue weighted by molar-refractivity contribution is 0.300. The van der Waals surface area contributed by atoms with Crippen LogP contribution in [0.4, 0.5) is 0 Å². The molecule has 78 valence electrons. The van der Waals surface area contributed by atoms with Crippen LogP contribution in [0.3, 0.4) is 0 Å². The minimum atomic E-state index is 0.164. The van der Waals surface area contributed by atoms with Gasteiger partial charge in [0.15, 0.2) is 0 Å². The van der Waals surface area contributed by atoms with E-state index in [9.17, 15) is 0 Å². The summed E-state index contributed by atoms with van der Waals surface area (Å²) < 4.78 is 0. The number of nitrogens with zero attached hydrogens (tertiary/aromatic N) is 1. The van der Waals surface area contributed by atoms with Crippen LogP contribution in [0.5, 0.6) is 0 Å². The summed E-state index contributed by atoms with van der Waals surface area (Å²) in [6.45, 7) is 0.985. The number of allylic oxidation sites excluding steroid dienone is 1. The van der Waals surface area contributed by atoms with Crippen molar-refractivity contribution >= 4 is 5.70 Å². The van der Waals surface area contributed by atoms with Gasteiger partial charge in [-0.15, -0.1) is 0 Å². The molecule has 2 rings (SSSR count). The number of dihydropyridines is 1. The van der Waals surface area contributed by atoms with Gasteiger partial charge in [0, 0.05) is 19.3 Å². The van der Waals surface area contributed by atoms with Gasteiger partial charge in [-0.1, -0.05) is 18.2 Å². The molecule has 0 radical (unpaired) electrons. The third kappa shape index (κ3) is 2.25. The van der Waals surface area contributed by atoms with E-state index in [0.717, 1.165) is 23.5 Å². The van der Waals surface area contributed by atoms with Crippen LogP contribution in [-0.2, 0) is 0 Å². The molecule has 1 aliphatic heterocycles. The summed E-state index contributed by atoms with van der Waals surface area (Å²) >= 11 is 0. The Bertz CT molecular complexity index is 382. The zero-order valence-corrected chi connectivity index (χ0v) is 8.48. The lowest BCUT2D eigenvalue weighted by Gasteiger charge is -2.17. The molecule has 0 amide bonds. The second-order valence-electron chi connectivity index (χ2n) is 3.37. The average Bonchev–Trinajstić information content (AvgIpc) is 2.31. The Labute approximate surface area is 89.2 Å². The summed E-state index contributed by atoms with van der Waals surface area (Å²) in [5, 5.41) is 12.3. The van der Waals surface area contributed by atoms with E-state index in [2.05, 4.69) is 22.5 Å². The van der Waals surface area contributed by atoms with Crippen molar-refractivity contribution in [1.29, 1.82) is 0 Å². The highest BCUT2D eigenvalue weighted by atomic mass is 16.2. The van der Waals surface area contributed by atoms with Crippen LogP contribution in [0.2, 0.25) is 0 Å². The molecule has 2 heterocycles. The Kier molecular flexibility index (Phi) is 3.15. The summed E-state index contributed by atoms with van der Waals surface area (Å²) in [5.74, 6) is 0. The Hall–Kier alpha value is -1.61. The van der Waals surface area contributed by atoms with Crippen molar-refractivity contribution in [2.75, 3.05) is 13.2 Å². The van der Waals surface area contributed by atoms with Gasteiger partial charge in [0.1, 0.15) is 0 Å². The third-order valence-electron chi connectivity index (χ3n) is 2.34. The van der Waals surface area contributed by atoms with E-state index >= 15 is 0 Å². The van der Waals surface area contributed by atoms with Crippen molar-refractivity contribution < 1.29 is 5.11 Å². The fourth-order valence-corrected chi connectivity index (χ4v) is 1.65. The van der Waals surface area contributed by atoms with Gasteiger partial charge in [0.2, 0.25) is 0 Å². The van der Waals surface area contributed by atoms with E-state index in [4.69, 9.17) is 5.11 Å². The molecule has 0 aliphatic carbocycles. The molecule has 0 unspecified atom stereocenters. The predicted molar refractivity (Wildman–Crippen MR) is 60.0 cm³/mol. The number of hydrogen-bond acceptors (Lipinski definition) is 3. The Morgan fingerprint density at radius 2 is 2.33 bits per heavy atom. The fourth-order valence-electron chi connectivity index (χ4n) is 1.65. The second-order valence-corrected chi connectivity index (χ2v) is 3.37. The van der Waals surface area contributed by atoms with Crippen LogP contribution >= 0.6 is 0 Å². The van der Waals surface area contributed by atoms with E-state index in [0.29, 0.717) is 6.42 Å². The van der Waals surface area contributed by atoms with Gasteiger partial charge in [-0.3, -0.25) is 4.98 Å². The van der Waals surface area contributed by atoms with E-state index in [-0.39, 0.29) is 6.61 Å². The first-order valence-electron chi connectivity index (χ1n) is 5.07. The highest BCUT2D eigenvalue weighted by molar-refractivity contribution is 5.68. The first kappa shape index (κ1) is 9.93. The maximum atomic E-state index is 8.97. The molecule has 0 saturated carbocycles. The Balaban J connectivity index is 2.35. The summed E-state index contributed by atoms with van der Waals surface area (Å²) in [7, 11) is 0. The van der Waals surface area contributed by atoms with Crippen LogP contribution in [0.15, 0.2) is 42.1 Å². The van der Waals surface area contributed by atoms with E-state index < -0.39 is 0 Å². The first-order valence-corrected chi connectivity index (χ1v) is 5.07. The number of aliphatic hydroxyl groups excluding tert-OH is 1. The second kappa shape index (κ2) is 4.75. The van der Waals surface area contributed by atoms with Crippen molar-refractivity contribution in [2.45, 2.75) is 6.42 Å². The van der Waals surface area contributed by atoms with Crippen LogP contribution in [-0.4, -0.2) is 23.2 Å². The number of hydrogen-bond donors (Lipinski definition) is 2. The molecule has 1 aromatic heterocycles. The predicted octanol–water partition coefficient (Wildman–Crippen LogP) is 1.33. The smallest absolute Gasteiger partial charge is 0.0863 e. The lowest BCUT2D eigenvalue weighted by Crippen LogP contribution is -2.18. The molecule has 3 heteroatoms. The van der Waals surface area contributed by atoms with E-state index in [1.54, 1.807) is 6.20 Å². The van der Waals surface area contributed by atoms with Crippen LogP contribution < -0.4 is 5.32 Å². The number of aromatic nitrogens is 1. The molecule has 0 saturated heterocycles. The molecule has 15 heavy (non-hydrogen) atoms. The summed E-state index contributed by atoms with van der Waals surface area (Å²) in [6, 6.07) is 5.83. The minimum Gasteiger partial charge on any atom is -0.396 e. The van der Waals surface area contributed by atoms with Gasteiger partial charge in [-0.2, -0.15) is 0 Å². The van der Waals surface area contributed by atoms with Crippen molar-refractivity contribution in [3.05, 3.63) is 47.8 Å². The van der Waals surface area contributed by atoms with Gasteiger partial charge in [0.25, 0.3) is 0 Å². The van der Waals surface area contributed by atoms with Crippen molar-refractivity contribution in [2.24, 2.45) is 0 Å². The maximum absolute atomic E-state index is 8.97. The number of aliphatic hydroxyl groups is 1. The number of nitrogens with one attached hydrogen (secondary N) is 1. The van der Waals surface area contributed by atoms with Crippen molar-refractivity contribution in [3.63, 3.8) is 0 Å². The molecular formula is C12H14N2O. The number of rotatable bonds is 3. The normalized spacial score (nSPS) is 15.3. The van der Waals surface area contributed by atoms with Gasteiger partial charge < -0.3 is 10.4 Å². The van der Waals surface area contributed by atoms with E-state index in [1.807, 2.05) is 18.2 Å². The van der Waals surface area contributed by atoms with Crippen LogP contribution in [0, 0.1) is 0 Å². The monoisotopic (exact) mass is 202 g/mol. The Morgan fingerprint density at radius 1 is 1.40 bits per heavy atom. The molecule has 1 aromatic rings. The molecule has 2 N–H and O–H groups in total. The zero-order chi connectivity index (χ0) is 10.5. The molecular weight excluding hydrogens is 188 g/mol. The average molecular weight is 202 g/mol. The molecule has 3 nitrogen and oxygen atoms in total. The zero-order valence-electron chi connectivity index (χ0n) is 8.48. The van der Waals surface area contributed by atoms with Crippen molar-refractivity contribution in [1.82, 2.24) is 10.3 Å². The van der Waals surface area contributed by atoms with Crippen LogP contribution in [0.1, 0.15) is 12.1 Å². The lowest BCUT2D eigenvalue weighted by atomic mass is 10.0. The maximum Gasteiger partial charge on any atom is 0.0863 e.